The molecule has 0 aliphatic rings. The van der Waals surface area contributed by atoms with Crippen molar-refractivity contribution in [2.45, 2.75) is 19.4 Å². The van der Waals surface area contributed by atoms with Gasteiger partial charge < -0.3 is 19.5 Å². The van der Waals surface area contributed by atoms with Gasteiger partial charge in [0.1, 0.15) is 12.4 Å². The number of ether oxygens (including phenoxy) is 1. The number of nitrogens with one attached hydrogen (secondary N) is 1. The molecule has 7 heteroatoms. The lowest BCUT2D eigenvalue weighted by molar-refractivity contribution is 0.281. The lowest BCUT2D eigenvalue weighted by Crippen LogP contribution is -2.41. The van der Waals surface area contributed by atoms with Crippen molar-refractivity contribution >= 4 is 29.9 Å². The van der Waals surface area contributed by atoms with Crippen LogP contribution in [0.2, 0.25) is 0 Å². The fourth-order valence-electron chi connectivity index (χ4n) is 2.56. The molecule has 148 valence electrons. The van der Waals surface area contributed by atoms with Crippen LogP contribution in [-0.4, -0.2) is 49.2 Å². The molecule has 2 aromatic rings. The van der Waals surface area contributed by atoms with E-state index < -0.39 is 0 Å². The predicted octanol–water partition coefficient (Wildman–Crippen LogP) is 2.83. The van der Waals surface area contributed by atoms with Crippen molar-refractivity contribution in [2.24, 2.45) is 4.99 Å². The Morgan fingerprint density at radius 1 is 1.15 bits per heavy atom. The van der Waals surface area contributed by atoms with Crippen molar-refractivity contribution in [3.05, 3.63) is 65.1 Å². The standard InChI is InChI=1S/C20H28N4O2.HI/c1-21-20(23(2)16-17-26-18-10-4-3-5-11-18)22-13-7-9-15-24-14-8-6-12-19(24)25;/h3-6,8,10-12,14H,7,9,13,15-17H2,1-2H3,(H,21,22);1H. The van der Waals surface area contributed by atoms with E-state index in [1.807, 2.05) is 54.5 Å². The highest BCUT2D eigenvalue weighted by molar-refractivity contribution is 14.0. The number of rotatable bonds is 9. The van der Waals surface area contributed by atoms with Crippen LogP contribution in [0.5, 0.6) is 5.75 Å². The highest BCUT2D eigenvalue weighted by Gasteiger charge is 2.05. The summed E-state index contributed by atoms with van der Waals surface area (Å²) in [6.45, 7) is 2.89. The third-order valence-corrected chi connectivity index (χ3v) is 4.02. The third-order valence-electron chi connectivity index (χ3n) is 4.02. The van der Waals surface area contributed by atoms with Gasteiger partial charge in [-0.1, -0.05) is 24.3 Å². The van der Waals surface area contributed by atoms with Crippen molar-refractivity contribution in [2.75, 3.05) is 33.8 Å². The molecule has 1 aromatic heterocycles. The quantitative estimate of drug-likeness (QED) is 0.258. The van der Waals surface area contributed by atoms with Crippen LogP contribution in [0.25, 0.3) is 0 Å². The number of halogens is 1. The Kier molecular flexibility index (Phi) is 11.2. The average molecular weight is 484 g/mol. The van der Waals surface area contributed by atoms with Crippen LogP contribution in [0.4, 0.5) is 0 Å². The largest absolute Gasteiger partial charge is 0.492 e. The van der Waals surface area contributed by atoms with Crippen LogP contribution in [0.15, 0.2) is 64.5 Å². The summed E-state index contributed by atoms with van der Waals surface area (Å²) in [5.74, 6) is 1.72. The van der Waals surface area contributed by atoms with E-state index >= 15 is 0 Å². The number of benzene rings is 1. The van der Waals surface area contributed by atoms with E-state index in [1.165, 1.54) is 0 Å². The first-order valence-corrected chi connectivity index (χ1v) is 8.96. The highest BCUT2D eigenvalue weighted by atomic mass is 127. The summed E-state index contributed by atoms with van der Waals surface area (Å²) in [6.07, 6.45) is 3.73. The number of unbranched alkanes of at least 4 members (excludes halogenated alkanes) is 1. The molecule has 0 spiro atoms. The molecule has 1 N–H and O–H groups in total. The first-order valence-electron chi connectivity index (χ1n) is 8.96. The van der Waals surface area contributed by atoms with Crippen LogP contribution in [0, 0.1) is 0 Å². The van der Waals surface area contributed by atoms with Crippen molar-refractivity contribution in [3.8, 4) is 5.75 Å². The van der Waals surface area contributed by atoms with Gasteiger partial charge in [0.05, 0.1) is 6.54 Å². The molecular formula is C20H29IN4O2. The molecule has 0 amide bonds. The maximum absolute atomic E-state index is 11.6. The van der Waals surface area contributed by atoms with E-state index in [-0.39, 0.29) is 29.5 Å². The van der Waals surface area contributed by atoms with Crippen LogP contribution in [0.3, 0.4) is 0 Å². The fraction of sp³-hybridized carbons (Fsp3) is 0.400. The molecule has 0 fully saturated rings. The number of hydrogen-bond acceptors (Lipinski definition) is 3. The molecule has 0 aliphatic heterocycles. The zero-order chi connectivity index (χ0) is 18.6. The Hall–Kier alpha value is -2.03. The van der Waals surface area contributed by atoms with Gasteiger partial charge >= 0.3 is 0 Å². The number of para-hydroxylation sites is 1. The van der Waals surface area contributed by atoms with Gasteiger partial charge in [0.2, 0.25) is 5.56 Å². The van der Waals surface area contributed by atoms with Gasteiger partial charge in [0, 0.05) is 39.4 Å². The number of hydrogen-bond donors (Lipinski definition) is 1. The summed E-state index contributed by atoms with van der Waals surface area (Å²) in [4.78, 5) is 18.0. The summed E-state index contributed by atoms with van der Waals surface area (Å²) in [7, 11) is 3.77. The smallest absolute Gasteiger partial charge is 0.250 e. The van der Waals surface area contributed by atoms with Gasteiger partial charge in [-0.25, -0.2) is 0 Å². The van der Waals surface area contributed by atoms with E-state index in [0.29, 0.717) is 6.61 Å². The van der Waals surface area contributed by atoms with Gasteiger partial charge in [-0.2, -0.15) is 0 Å². The van der Waals surface area contributed by atoms with Crippen LogP contribution < -0.4 is 15.6 Å². The molecule has 6 nitrogen and oxygen atoms in total. The number of aromatic nitrogens is 1. The van der Waals surface area contributed by atoms with E-state index in [0.717, 1.165) is 44.2 Å². The number of pyridine rings is 1. The van der Waals surface area contributed by atoms with E-state index in [2.05, 4.69) is 10.3 Å². The lowest BCUT2D eigenvalue weighted by atomic mass is 10.3. The second-order valence-electron chi connectivity index (χ2n) is 6.00. The van der Waals surface area contributed by atoms with Gasteiger partial charge in [0.15, 0.2) is 5.96 Å². The Morgan fingerprint density at radius 2 is 1.89 bits per heavy atom. The van der Waals surface area contributed by atoms with Gasteiger partial charge in [-0.15, -0.1) is 24.0 Å². The van der Waals surface area contributed by atoms with E-state index in [1.54, 1.807) is 23.7 Å². The summed E-state index contributed by atoms with van der Waals surface area (Å²) in [6, 6.07) is 15.0. The molecule has 0 unspecified atom stereocenters. The Morgan fingerprint density at radius 3 is 2.59 bits per heavy atom. The highest BCUT2D eigenvalue weighted by Crippen LogP contribution is 2.07. The predicted molar refractivity (Wildman–Crippen MR) is 121 cm³/mol. The van der Waals surface area contributed by atoms with Crippen LogP contribution in [0.1, 0.15) is 12.8 Å². The second-order valence-corrected chi connectivity index (χ2v) is 6.00. The Labute approximate surface area is 178 Å². The summed E-state index contributed by atoms with van der Waals surface area (Å²) in [5, 5.41) is 3.35. The van der Waals surface area contributed by atoms with Gasteiger partial charge in [-0.3, -0.25) is 9.79 Å². The van der Waals surface area contributed by atoms with Crippen LogP contribution >= 0.6 is 24.0 Å². The van der Waals surface area contributed by atoms with Crippen molar-refractivity contribution in [1.29, 1.82) is 0 Å². The lowest BCUT2D eigenvalue weighted by Gasteiger charge is -2.22. The first kappa shape index (κ1) is 23.0. The minimum absolute atomic E-state index is 0. The SMILES string of the molecule is CN=C(NCCCCn1ccccc1=O)N(C)CCOc1ccccc1.I. The van der Waals surface area contributed by atoms with E-state index in [9.17, 15) is 4.79 Å². The monoisotopic (exact) mass is 484 g/mol. The number of nitrogens with zero attached hydrogens (tertiary/aromatic N) is 3. The number of aryl methyl sites for hydroxylation is 1. The molecule has 0 bridgehead atoms. The molecule has 0 saturated carbocycles. The topological polar surface area (TPSA) is 58.9 Å². The van der Waals surface area contributed by atoms with Gasteiger partial charge in [-0.05, 0) is 31.0 Å². The Balaban J connectivity index is 0.00000364. The molecular weight excluding hydrogens is 455 g/mol. The molecule has 2 rings (SSSR count). The van der Waals surface area contributed by atoms with Crippen molar-refractivity contribution < 1.29 is 4.74 Å². The zero-order valence-electron chi connectivity index (χ0n) is 16.0. The summed E-state index contributed by atoms with van der Waals surface area (Å²) in [5.41, 5.74) is 0.0504. The summed E-state index contributed by atoms with van der Waals surface area (Å²) < 4.78 is 7.46. The van der Waals surface area contributed by atoms with Crippen molar-refractivity contribution in [1.82, 2.24) is 14.8 Å². The van der Waals surface area contributed by atoms with Gasteiger partial charge in [0.25, 0.3) is 0 Å². The molecule has 0 atom stereocenters. The molecule has 1 aromatic carbocycles. The molecule has 0 radical (unpaired) electrons. The number of guanidine groups is 1. The number of aliphatic imine (C=N–C) groups is 1. The Bertz CT molecular complexity index is 734. The molecule has 0 aliphatic carbocycles. The second kappa shape index (κ2) is 13.2. The molecule has 27 heavy (non-hydrogen) atoms. The number of likely N-dealkylation sites (N-methyl/N-ethyl adjacent to an activating group) is 1. The van der Waals surface area contributed by atoms with Crippen molar-refractivity contribution in [3.63, 3.8) is 0 Å². The normalized spacial score (nSPS) is 10.8. The molecule has 1 heterocycles. The maximum atomic E-state index is 11.6. The minimum Gasteiger partial charge on any atom is -0.492 e. The average Bonchev–Trinajstić information content (AvgIpc) is 2.66. The summed E-state index contributed by atoms with van der Waals surface area (Å²) >= 11 is 0. The minimum atomic E-state index is 0. The zero-order valence-corrected chi connectivity index (χ0v) is 18.3. The maximum Gasteiger partial charge on any atom is 0.250 e. The molecule has 0 saturated heterocycles. The van der Waals surface area contributed by atoms with Crippen LogP contribution in [-0.2, 0) is 6.54 Å². The third kappa shape index (κ3) is 8.47. The first-order chi connectivity index (χ1) is 12.7. The van der Waals surface area contributed by atoms with E-state index in [4.69, 9.17) is 4.74 Å². The fourth-order valence-corrected chi connectivity index (χ4v) is 2.56.